The second-order valence-corrected chi connectivity index (χ2v) is 9.88. The molecule has 1 heterocycles. The lowest BCUT2D eigenvalue weighted by Gasteiger charge is -2.35. The quantitative estimate of drug-likeness (QED) is 0.290. The fraction of sp³-hybridized carbons (Fsp3) is 0.552. The number of ether oxygens (including phenoxy) is 2. The van der Waals surface area contributed by atoms with Gasteiger partial charge in [-0.05, 0) is 50.1 Å². The number of amides is 1. The number of hydrogen-bond acceptors (Lipinski definition) is 6. The second kappa shape index (κ2) is 17.9. The molecular weight excluding hydrogens is 492 g/mol. The molecule has 2 rings (SSSR count). The van der Waals surface area contributed by atoms with Crippen molar-refractivity contribution in [1.82, 2.24) is 5.32 Å². The van der Waals surface area contributed by atoms with Gasteiger partial charge in [0.25, 0.3) is 0 Å². The van der Waals surface area contributed by atoms with Crippen molar-refractivity contribution in [1.29, 1.82) is 0 Å². The van der Waals surface area contributed by atoms with Gasteiger partial charge in [-0.3, -0.25) is 5.32 Å². The van der Waals surface area contributed by atoms with E-state index in [0.717, 1.165) is 29.9 Å². The summed E-state index contributed by atoms with van der Waals surface area (Å²) < 4.78 is 10.4. The van der Waals surface area contributed by atoms with E-state index in [1.165, 1.54) is 12.8 Å². The summed E-state index contributed by atoms with van der Waals surface area (Å²) in [5, 5.41) is 20.5. The predicted molar refractivity (Wildman–Crippen MR) is 154 cm³/mol. The summed E-state index contributed by atoms with van der Waals surface area (Å²) in [5.74, 6) is 1.51. The Morgan fingerprint density at radius 3 is 2.54 bits per heavy atom. The Kier molecular flexibility index (Phi) is 16.7. The molecule has 1 fully saturated rings. The molecule has 0 spiro atoms. The molecule has 7 nitrogen and oxygen atoms in total. The van der Waals surface area contributed by atoms with Crippen molar-refractivity contribution < 1.29 is 24.5 Å². The monoisotopic (exact) mass is 538 g/mol. The Bertz CT molecular complexity index is 901. The number of cyclic esters (lactones) is 1. The van der Waals surface area contributed by atoms with Crippen LogP contribution in [-0.2, 0) is 11.2 Å². The maximum absolute atomic E-state index is 11.4. The zero-order chi connectivity index (χ0) is 28.6. The molecule has 8 heteroatoms. The first-order chi connectivity index (χ1) is 17.4. The van der Waals surface area contributed by atoms with Crippen molar-refractivity contribution in [2.45, 2.75) is 78.6 Å². The zero-order valence-electron chi connectivity index (χ0n) is 23.8. The van der Waals surface area contributed by atoms with Gasteiger partial charge >= 0.3 is 6.09 Å². The number of nitrogens with zero attached hydrogens (tertiary/aromatic N) is 1. The number of halogens is 1. The summed E-state index contributed by atoms with van der Waals surface area (Å²) in [6.07, 6.45) is 10.5. The van der Waals surface area contributed by atoms with E-state index in [0.29, 0.717) is 30.0 Å². The smallest absolute Gasteiger partial charge is 0.409 e. The molecule has 2 atom stereocenters. The lowest BCUT2D eigenvalue weighted by atomic mass is 10.0. The molecule has 0 aromatic heterocycles. The van der Waals surface area contributed by atoms with Crippen LogP contribution in [0.25, 0.3) is 0 Å². The van der Waals surface area contributed by atoms with Gasteiger partial charge in [-0.25, -0.2) is 4.79 Å². The van der Waals surface area contributed by atoms with Gasteiger partial charge in [0.05, 0.1) is 12.8 Å². The van der Waals surface area contributed by atoms with Crippen LogP contribution in [0, 0.1) is 5.92 Å². The number of rotatable bonds is 10. The summed E-state index contributed by atoms with van der Waals surface area (Å²) in [7, 11) is 4.47. The van der Waals surface area contributed by atoms with Crippen LogP contribution in [0.4, 0.5) is 10.5 Å². The molecule has 0 aliphatic carbocycles. The minimum Gasteiger partial charge on any atom is -0.495 e. The zero-order valence-corrected chi connectivity index (χ0v) is 24.6. The molecule has 1 aliphatic heterocycles. The van der Waals surface area contributed by atoms with Crippen molar-refractivity contribution in [3.8, 4) is 5.75 Å². The summed E-state index contributed by atoms with van der Waals surface area (Å²) in [5.41, 5.74) is 1.72. The average Bonchev–Trinajstić information content (AvgIpc) is 2.83. The van der Waals surface area contributed by atoms with Gasteiger partial charge in [-0.2, -0.15) is 0 Å². The molecule has 1 aromatic rings. The van der Waals surface area contributed by atoms with E-state index < -0.39 is 11.8 Å². The number of methoxy groups -OCH3 is 1. The van der Waals surface area contributed by atoms with Crippen molar-refractivity contribution in [2.24, 2.45) is 5.92 Å². The molecule has 1 aliphatic rings. The number of aliphatic hydroxyl groups excluding tert-OH is 1. The molecule has 1 saturated heterocycles. The maximum atomic E-state index is 11.4. The van der Waals surface area contributed by atoms with Gasteiger partial charge in [-0.1, -0.05) is 75.6 Å². The Balaban J connectivity index is 0.00000142. The minimum absolute atomic E-state index is 0.305. The highest BCUT2D eigenvalue weighted by atomic mass is 35.5. The van der Waals surface area contributed by atoms with Crippen LogP contribution in [0.2, 0.25) is 5.02 Å². The number of hydrogen-bond donors (Lipinski definition) is 3. The Labute approximate surface area is 228 Å². The standard InChI is InChI=1S/C22H29ClN2O4.C6H14.CH4O/c1-6-25(4)18-12-17(13-19(28-5)20(18)23)11-15(2)9-7-8-10-22(27)14-16(3)29-21(26)24-22;1-4-5-6(2)3;1-2/h6-9,12-13,16,27H,1,10-11,14H2,2-5H3,(H,24,26);6H,4-5H2,1-3H3;2H,1H3/b8-7+,15-9+;;/t16?,22-;;/m1../s1. The molecule has 0 bridgehead atoms. The third-order valence-corrected chi connectivity index (χ3v) is 5.92. The Morgan fingerprint density at radius 1 is 1.41 bits per heavy atom. The van der Waals surface area contributed by atoms with Crippen LogP contribution < -0.4 is 15.0 Å². The van der Waals surface area contributed by atoms with Gasteiger partial charge < -0.3 is 24.6 Å². The summed E-state index contributed by atoms with van der Waals surface area (Å²) in [4.78, 5) is 13.3. The number of allylic oxidation sites excluding steroid dienone is 3. The molecule has 1 amide bonds. The van der Waals surface area contributed by atoms with Crippen molar-refractivity contribution in [3.05, 3.63) is 59.3 Å². The third kappa shape index (κ3) is 13.0. The molecule has 1 aromatic carbocycles. The molecule has 37 heavy (non-hydrogen) atoms. The van der Waals surface area contributed by atoms with E-state index in [-0.39, 0.29) is 6.10 Å². The van der Waals surface area contributed by atoms with Gasteiger partial charge in [0.15, 0.2) is 0 Å². The average molecular weight is 539 g/mol. The maximum Gasteiger partial charge on any atom is 0.409 e. The van der Waals surface area contributed by atoms with Crippen LogP contribution in [0.3, 0.4) is 0 Å². The number of carbonyl (C=O) groups is 1. The number of alkyl carbamates (subject to hydrolysis) is 1. The highest BCUT2D eigenvalue weighted by molar-refractivity contribution is 6.34. The minimum atomic E-state index is -1.28. The predicted octanol–water partition coefficient (Wildman–Crippen LogP) is 6.62. The second-order valence-electron chi connectivity index (χ2n) is 9.51. The number of carbonyl (C=O) groups excluding carboxylic acids is 1. The van der Waals surface area contributed by atoms with Crippen molar-refractivity contribution in [2.75, 3.05) is 26.2 Å². The summed E-state index contributed by atoms with van der Waals surface area (Å²) in [6.45, 7) is 14.3. The van der Waals surface area contributed by atoms with E-state index in [2.05, 4.69) is 32.7 Å². The SMILES string of the molecule is C=CN(C)c1cc(C/C(C)=C/C=C/C[C@@]2(O)CC(C)OC(=O)N2)cc(OC)c1Cl.CCCC(C)C.CO. The number of anilines is 1. The lowest BCUT2D eigenvalue weighted by Crippen LogP contribution is -2.55. The fourth-order valence-electron chi connectivity index (χ4n) is 3.80. The topological polar surface area (TPSA) is 91.3 Å². The van der Waals surface area contributed by atoms with E-state index >= 15 is 0 Å². The van der Waals surface area contributed by atoms with Crippen LogP contribution in [0.15, 0.2) is 48.7 Å². The number of aliphatic hydroxyl groups is 2. The van der Waals surface area contributed by atoms with Gasteiger partial charge in [0.2, 0.25) is 0 Å². The number of nitrogens with one attached hydrogen (secondary N) is 1. The van der Waals surface area contributed by atoms with E-state index in [1.807, 2.05) is 49.2 Å². The highest BCUT2D eigenvalue weighted by Crippen LogP contribution is 2.36. The number of benzene rings is 1. The van der Waals surface area contributed by atoms with Crippen LogP contribution in [0.5, 0.6) is 5.75 Å². The summed E-state index contributed by atoms with van der Waals surface area (Å²) >= 11 is 6.40. The Hall–Kier alpha value is -2.48. The van der Waals surface area contributed by atoms with E-state index in [4.69, 9.17) is 26.2 Å². The normalized spacial score (nSPS) is 19.2. The van der Waals surface area contributed by atoms with E-state index in [1.54, 1.807) is 20.2 Å². The van der Waals surface area contributed by atoms with Gasteiger partial charge in [0, 0.05) is 27.0 Å². The molecule has 3 N–H and O–H groups in total. The third-order valence-electron chi connectivity index (χ3n) is 5.54. The molecular formula is C29H47ClN2O5. The van der Waals surface area contributed by atoms with E-state index in [9.17, 15) is 9.90 Å². The van der Waals surface area contributed by atoms with Crippen LogP contribution in [-0.4, -0.2) is 49.4 Å². The lowest BCUT2D eigenvalue weighted by molar-refractivity contribution is -0.0655. The van der Waals surface area contributed by atoms with Crippen LogP contribution in [0.1, 0.15) is 65.9 Å². The highest BCUT2D eigenvalue weighted by Gasteiger charge is 2.36. The van der Waals surface area contributed by atoms with Gasteiger partial charge in [-0.15, -0.1) is 0 Å². The molecule has 0 saturated carbocycles. The Morgan fingerprint density at radius 2 is 2.05 bits per heavy atom. The molecule has 0 radical (unpaired) electrons. The molecule has 210 valence electrons. The van der Waals surface area contributed by atoms with Crippen molar-refractivity contribution in [3.63, 3.8) is 0 Å². The first kappa shape index (κ1) is 34.5. The molecule has 1 unspecified atom stereocenters. The largest absolute Gasteiger partial charge is 0.495 e. The van der Waals surface area contributed by atoms with Crippen LogP contribution >= 0.6 is 11.6 Å². The first-order valence-corrected chi connectivity index (χ1v) is 13.0. The first-order valence-electron chi connectivity index (χ1n) is 12.6. The van der Waals surface area contributed by atoms with Crippen molar-refractivity contribution >= 4 is 23.4 Å². The fourth-order valence-corrected chi connectivity index (χ4v) is 4.12. The van der Waals surface area contributed by atoms with Gasteiger partial charge in [0.1, 0.15) is 22.6 Å². The summed E-state index contributed by atoms with van der Waals surface area (Å²) in [6, 6.07) is 3.93.